The number of ketones is 1. The maximum absolute atomic E-state index is 10.0. The Labute approximate surface area is 238 Å². The summed E-state index contributed by atoms with van der Waals surface area (Å²) in [6, 6.07) is 29.0. The van der Waals surface area contributed by atoms with Gasteiger partial charge in [-0.3, -0.25) is 4.79 Å². The number of pyridine rings is 1. The van der Waals surface area contributed by atoms with Crippen molar-refractivity contribution in [1.82, 2.24) is 4.90 Å². The predicted molar refractivity (Wildman–Crippen MR) is 151 cm³/mol. The van der Waals surface area contributed by atoms with E-state index in [2.05, 4.69) is 65.2 Å². The Bertz CT molecular complexity index is 1090. The van der Waals surface area contributed by atoms with E-state index in [9.17, 15) is 4.79 Å². The first-order valence-electron chi connectivity index (χ1n) is 11.7. The number of nitrogens with zero attached hydrogens (tertiary/aromatic N) is 2. The van der Waals surface area contributed by atoms with Gasteiger partial charge < -0.3 is 17.4 Å². The molecule has 0 spiro atoms. The maximum Gasteiger partial charge on any atom is 3.00 e. The number of rotatable bonds is 3. The summed E-state index contributed by atoms with van der Waals surface area (Å²) >= 11 is 0. The number of carbonyl (C=O) groups is 1. The molecule has 0 amide bonds. The molecule has 2 aromatic carbocycles. The summed E-state index contributed by atoms with van der Waals surface area (Å²) in [5, 5.41) is 8.36. The summed E-state index contributed by atoms with van der Waals surface area (Å²) in [7, 11) is 4.11. The minimum absolute atomic E-state index is 0. The van der Waals surface area contributed by atoms with Crippen LogP contribution in [0.2, 0.25) is 0 Å². The van der Waals surface area contributed by atoms with E-state index < -0.39 is 0 Å². The third-order valence-corrected chi connectivity index (χ3v) is 4.67. The van der Waals surface area contributed by atoms with Crippen molar-refractivity contribution in [2.24, 2.45) is 7.05 Å². The van der Waals surface area contributed by atoms with Crippen LogP contribution in [-0.2, 0) is 31.9 Å². The monoisotopic (exact) mass is 677 g/mol. The molecular formula is C32H40IrN2O2+. The van der Waals surface area contributed by atoms with Crippen LogP contribution in [-0.4, -0.2) is 22.8 Å². The largest absolute Gasteiger partial charge is 3.00 e. The molecule has 1 aromatic heterocycles. The molecule has 4 rings (SSSR count). The van der Waals surface area contributed by atoms with Gasteiger partial charge in [-0.2, -0.15) is 30.3 Å². The Kier molecular flexibility index (Phi) is 20.2. The minimum atomic E-state index is -0.125. The second-order valence-electron chi connectivity index (χ2n) is 7.52. The SMILES string of the molecule is CC.CC(=O)/C=C(/C)O.CN1C=CC=CC1c1[c-]cccc1.C[n+]1ccccc1-c1[c-]cccc1.[CH3-].[Ir+3]. The van der Waals surface area contributed by atoms with E-state index in [1.165, 1.54) is 31.2 Å². The fourth-order valence-corrected chi connectivity index (χ4v) is 3.15. The van der Waals surface area contributed by atoms with Crippen LogP contribution in [0.5, 0.6) is 0 Å². The van der Waals surface area contributed by atoms with Crippen molar-refractivity contribution in [2.75, 3.05) is 7.05 Å². The molecule has 1 aliphatic rings. The Morgan fingerprint density at radius 2 is 1.59 bits per heavy atom. The summed E-state index contributed by atoms with van der Waals surface area (Å²) in [6.45, 7) is 6.85. The first-order chi connectivity index (χ1) is 16.9. The Hall–Kier alpha value is -3.27. The van der Waals surface area contributed by atoms with Crippen LogP contribution in [0.3, 0.4) is 0 Å². The summed E-state index contributed by atoms with van der Waals surface area (Å²) in [5.74, 6) is -0.0625. The van der Waals surface area contributed by atoms with Crippen molar-refractivity contribution in [3.8, 4) is 11.3 Å². The molecule has 1 atom stereocenters. The summed E-state index contributed by atoms with van der Waals surface area (Å²) in [5.41, 5.74) is 3.53. The molecule has 37 heavy (non-hydrogen) atoms. The number of hydrogen-bond acceptors (Lipinski definition) is 3. The molecule has 4 nitrogen and oxygen atoms in total. The van der Waals surface area contributed by atoms with Gasteiger partial charge in [0.25, 0.3) is 0 Å². The summed E-state index contributed by atoms with van der Waals surface area (Å²) in [4.78, 5) is 12.2. The van der Waals surface area contributed by atoms with Gasteiger partial charge in [-0.25, -0.2) is 4.57 Å². The number of aryl methyl sites for hydroxylation is 1. The maximum atomic E-state index is 10.0. The fraction of sp³-hybridized carbons (Fsp3) is 0.219. The zero-order chi connectivity index (χ0) is 26.1. The molecule has 2 heterocycles. The number of hydrogen-bond donors (Lipinski definition) is 1. The van der Waals surface area contributed by atoms with Crippen LogP contribution >= 0.6 is 0 Å². The number of benzene rings is 2. The molecule has 0 aliphatic carbocycles. The number of aliphatic hydroxyl groups is 1. The number of allylic oxidation sites excluding steroid dienone is 4. The molecule has 0 saturated heterocycles. The Morgan fingerprint density at radius 1 is 0.973 bits per heavy atom. The zero-order valence-corrected chi connectivity index (χ0v) is 25.4. The fourth-order valence-electron chi connectivity index (χ4n) is 3.15. The molecule has 0 fully saturated rings. The molecule has 0 saturated carbocycles. The van der Waals surface area contributed by atoms with Crippen LogP contribution in [0.25, 0.3) is 11.3 Å². The molecule has 198 valence electrons. The molecule has 1 aliphatic heterocycles. The van der Waals surface area contributed by atoms with Gasteiger partial charge >= 0.3 is 20.1 Å². The average molecular weight is 677 g/mol. The third kappa shape index (κ3) is 14.2. The first-order valence-corrected chi connectivity index (χ1v) is 11.7. The number of likely N-dealkylation sites (N-methyl/N-ethyl adjacent to an activating group) is 1. The van der Waals surface area contributed by atoms with Gasteiger partial charge in [0, 0.05) is 25.2 Å². The van der Waals surface area contributed by atoms with Gasteiger partial charge in [-0.05, 0) is 32.2 Å². The van der Waals surface area contributed by atoms with Crippen molar-refractivity contribution < 1.29 is 34.6 Å². The third-order valence-electron chi connectivity index (χ3n) is 4.67. The molecular weight excluding hydrogens is 637 g/mol. The molecule has 1 N–H and O–H groups in total. The normalized spacial score (nSPS) is 13.1. The molecule has 3 aromatic rings. The minimum Gasteiger partial charge on any atom is -0.512 e. The van der Waals surface area contributed by atoms with E-state index in [1.807, 2.05) is 81.7 Å². The number of aromatic nitrogens is 1. The van der Waals surface area contributed by atoms with E-state index in [-0.39, 0.29) is 39.1 Å². The quantitative estimate of drug-likeness (QED) is 0.140. The number of aliphatic hydroxyl groups excluding tert-OH is 1. The van der Waals surface area contributed by atoms with Gasteiger partial charge in [0.05, 0.1) is 5.76 Å². The van der Waals surface area contributed by atoms with Gasteiger partial charge in [0.2, 0.25) is 0 Å². The molecule has 0 bridgehead atoms. The Morgan fingerprint density at radius 3 is 2.05 bits per heavy atom. The van der Waals surface area contributed by atoms with Crippen molar-refractivity contribution in [3.63, 3.8) is 0 Å². The van der Waals surface area contributed by atoms with Crippen LogP contribution in [0.4, 0.5) is 0 Å². The second kappa shape index (κ2) is 20.9. The Balaban J connectivity index is 0. The smallest absolute Gasteiger partial charge is 0.512 e. The van der Waals surface area contributed by atoms with Crippen molar-refractivity contribution in [1.29, 1.82) is 0 Å². The van der Waals surface area contributed by atoms with Crippen LogP contribution < -0.4 is 4.57 Å². The average Bonchev–Trinajstić information content (AvgIpc) is 2.87. The van der Waals surface area contributed by atoms with Gasteiger partial charge in [0.15, 0.2) is 12.0 Å². The summed E-state index contributed by atoms with van der Waals surface area (Å²) < 4.78 is 2.09. The van der Waals surface area contributed by atoms with E-state index in [1.54, 1.807) is 0 Å². The van der Waals surface area contributed by atoms with Gasteiger partial charge in [-0.1, -0.05) is 37.6 Å². The van der Waals surface area contributed by atoms with Crippen molar-refractivity contribution in [2.45, 2.75) is 33.7 Å². The van der Waals surface area contributed by atoms with E-state index in [0.29, 0.717) is 6.04 Å². The number of carbonyl (C=O) groups excluding carboxylic acids is 1. The predicted octanol–water partition coefficient (Wildman–Crippen LogP) is 7.03. The van der Waals surface area contributed by atoms with Crippen molar-refractivity contribution >= 4 is 5.78 Å². The van der Waals surface area contributed by atoms with E-state index in [0.717, 1.165) is 5.56 Å². The second-order valence-corrected chi connectivity index (χ2v) is 7.52. The first kappa shape index (κ1) is 35.9. The van der Waals surface area contributed by atoms with Gasteiger partial charge in [0.1, 0.15) is 12.7 Å². The van der Waals surface area contributed by atoms with Crippen LogP contribution in [0.15, 0.2) is 109 Å². The molecule has 5 heteroatoms. The standard InChI is InChI=1S/C12H12N.C12H11N.C5H8O2.C2H6.CH3.Ir/c2*1-13-10-6-5-9-12(13)11-7-3-2-4-8-11;1-4(6)3-5(2)7;1-2;;/h2-7,9-10,12H,1H3;2-7,9-10H,1H3;3,6H,1-2H3;1-2H3;1H3;/q-1;;;;-1;+3/b;;4-3-;;;. The topological polar surface area (TPSA) is 44.4 Å². The van der Waals surface area contributed by atoms with Crippen LogP contribution in [0.1, 0.15) is 39.3 Å². The zero-order valence-electron chi connectivity index (χ0n) is 23.0. The van der Waals surface area contributed by atoms with E-state index in [4.69, 9.17) is 5.11 Å². The summed E-state index contributed by atoms with van der Waals surface area (Å²) in [6.07, 6.45) is 11.6. The van der Waals surface area contributed by atoms with Gasteiger partial charge in [-0.15, -0.1) is 35.9 Å². The van der Waals surface area contributed by atoms with Crippen molar-refractivity contribution in [3.05, 3.63) is 134 Å². The molecule has 1 unspecified atom stereocenters. The van der Waals surface area contributed by atoms with Crippen LogP contribution in [0, 0.1) is 19.6 Å². The molecule has 0 radical (unpaired) electrons. The van der Waals surface area contributed by atoms with E-state index >= 15 is 0 Å².